The summed E-state index contributed by atoms with van der Waals surface area (Å²) in [5, 5.41) is 0. The summed E-state index contributed by atoms with van der Waals surface area (Å²) in [5.41, 5.74) is 1.29. The normalized spacial score (nSPS) is 28.7. The minimum absolute atomic E-state index is 0.298. The van der Waals surface area contributed by atoms with E-state index in [4.69, 9.17) is 9.47 Å². The third kappa shape index (κ3) is 2.39. The molecule has 2 nitrogen and oxygen atoms in total. The van der Waals surface area contributed by atoms with E-state index >= 15 is 0 Å². The van der Waals surface area contributed by atoms with Crippen LogP contribution >= 0.6 is 0 Å². The van der Waals surface area contributed by atoms with Gasteiger partial charge in [-0.25, -0.2) is 0 Å². The van der Waals surface area contributed by atoms with Gasteiger partial charge >= 0.3 is 0 Å². The number of rotatable bonds is 3. The molecule has 1 aliphatic carbocycles. The summed E-state index contributed by atoms with van der Waals surface area (Å²) in [6.45, 7) is 0.960. The summed E-state index contributed by atoms with van der Waals surface area (Å²) in [4.78, 5) is 0. The van der Waals surface area contributed by atoms with Gasteiger partial charge in [0.15, 0.2) is 0 Å². The molecule has 0 spiro atoms. The fourth-order valence-corrected chi connectivity index (χ4v) is 3.14. The highest BCUT2D eigenvalue weighted by atomic mass is 16.5. The Hall–Kier alpha value is -1.02. The van der Waals surface area contributed by atoms with Crippen molar-refractivity contribution in [1.29, 1.82) is 0 Å². The highest BCUT2D eigenvalue weighted by Crippen LogP contribution is 2.41. The van der Waals surface area contributed by atoms with Crippen molar-refractivity contribution >= 4 is 0 Å². The zero-order chi connectivity index (χ0) is 12.4. The fraction of sp³-hybridized carbons (Fsp3) is 0.625. The van der Waals surface area contributed by atoms with Gasteiger partial charge in [0.2, 0.25) is 0 Å². The number of hydrogen-bond donors (Lipinski definition) is 0. The van der Waals surface area contributed by atoms with Gasteiger partial charge in [-0.15, -0.1) is 0 Å². The van der Waals surface area contributed by atoms with Crippen LogP contribution in [-0.2, 0) is 4.74 Å². The molecule has 0 radical (unpaired) electrons. The smallest absolute Gasteiger partial charge is 0.118 e. The van der Waals surface area contributed by atoms with Gasteiger partial charge in [0.25, 0.3) is 0 Å². The lowest BCUT2D eigenvalue weighted by molar-refractivity contribution is -0.0449. The van der Waals surface area contributed by atoms with Crippen molar-refractivity contribution in [3.05, 3.63) is 29.8 Å². The van der Waals surface area contributed by atoms with Crippen molar-refractivity contribution in [3.8, 4) is 5.75 Å². The van der Waals surface area contributed by atoms with Crippen LogP contribution < -0.4 is 4.74 Å². The third-order valence-corrected chi connectivity index (χ3v) is 4.62. The van der Waals surface area contributed by atoms with E-state index in [1.165, 1.54) is 37.7 Å². The molecule has 2 unspecified atom stereocenters. The van der Waals surface area contributed by atoms with Crippen LogP contribution in [0.3, 0.4) is 0 Å². The monoisotopic (exact) mass is 246 g/mol. The highest BCUT2D eigenvalue weighted by Gasteiger charge is 2.31. The molecule has 0 bridgehead atoms. The Morgan fingerprint density at radius 3 is 2.28 bits per heavy atom. The first-order valence-electron chi connectivity index (χ1n) is 7.12. The van der Waals surface area contributed by atoms with E-state index in [1.54, 1.807) is 7.11 Å². The summed E-state index contributed by atoms with van der Waals surface area (Å²) in [5.74, 6) is 2.71. The van der Waals surface area contributed by atoms with E-state index in [0.29, 0.717) is 6.10 Å². The largest absolute Gasteiger partial charge is 0.497 e. The summed E-state index contributed by atoms with van der Waals surface area (Å²) < 4.78 is 11.3. The zero-order valence-corrected chi connectivity index (χ0v) is 11.1. The predicted molar refractivity (Wildman–Crippen MR) is 71.8 cm³/mol. The molecule has 2 fully saturated rings. The van der Waals surface area contributed by atoms with Crippen LogP contribution in [0.2, 0.25) is 0 Å². The zero-order valence-electron chi connectivity index (χ0n) is 11.1. The minimum Gasteiger partial charge on any atom is -0.497 e. The van der Waals surface area contributed by atoms with Gasteiger partial charge in [0.05, 0.1) is 19.8 Å². The molecule has 1 saturated carbocycles. The summed E-state index contributed by atoms with van der Waals surface area (Å²) in [6.07, 6.45) is 7.10. The molecular weight excluding hydrogens is 224 g/mol. The first-order valence-corrected chi connectivity index (χ1v) is 7.12. The number of methoxy groups -OCH3 is 1. The molecule has 2 aliphatic rings. The molecule has 3 rings (SSSR count). The standard InChI is InChI=1S/C16H22O2/c1-17-15-8-5-13(6-9-15)16-10-7-14(11-18-16)12-3-2-4-12/h5-6,8-9,12,14,16H,2-4,7,10-11H2,1H3. The van der Waals surface area contributed by atoms with E-state index in [1.807, 2.05) is 12.1 Å². The van der Waals surface area contributed by atoms with Crippen molar-refractivity contribution in [2.75, 3.05) is 13.7 Å². The van der Waals surface area contributed by atoms with Crippen LogP contribution in [0.4, 0.5) is 0 Å². The van der Waals surface area contributed by atoms with Gasteiger partial charge in [-0.2, -0.15) is 0 Å². The third-order valence-electron chi connectivity index (χ3n) is 4.62. The van der Waals surface area contributed by atoms with E-state index < -0.39 is 0 Å². The van der Waals surface area contributed by atoms with Crippen LogP contribution in [-0.4, -0.2) is 13.7 Å². The maximum absolute atomic E-state index is 6.07. The lowest BCUT2D eigenvalue weighted by Gasteiger charge is -2.38. The second-order valence-electron chi connectivity index (χ2n) is 5.62. The molecule has 0 amide bonds. The summed E-state index contributed by atoms with van der Waals surface area (Å²) >= 11 is 0. The maximum atomic E-state index is 6.07. The van der Waals surface area contributed by atoms with Gasteiger partial charge in [0, 0.05) is 0 Å². The summed E-state index contributed by atoms with van der Waals surface area (Å²) in [7, 11) is 1.70. The second-order valence-corrected chi connectivity index (χ2v) is 5.62. The molecule has 1 aliphatic heterocycles. The minimum atomic E-state index is 0.298. The fourth-order valence-electron chi connectivity index (χ4n) is 3.14. The van der Waals surface area contributed by atoms with Gasteiger partial charge in [-0.1, -0.05) is 31.4 Å². The Morgan fingerprint density at radius 2 is 1.78 bits per heavy atom. The molecule has 2 heteroatoms. The average molecular weight is 246 g/mol. The Labute approximate surface area is 109 Å². The van der Waals surface area contributed by atoms with Gasteiger partial charge in [0.1, 0.15) is 5.75 Å². The van der Waals surface area contributed by atoms with Crippen molar-refractivity contribution in [3.63, 3.8) is 0 Å². The Bertz CT molecular complexity index is 373. The van der Waals surface area contributed by atoms with E-state index in [-0.39, 0.29) is 0 Å². The van der Waals surface area contributed by atoms with Crippen LogP contribution in [0.1, 0.15) is 43.8 Å². The lowest BCUT2D eigenvalue weighted by Crippen LogP contribution is -2.30. The molecule has 0 aromatic heterocycles. The van der Waals surface area contributed by atoms with Crippen LogP contribution in [0.15, 0.2) is 24.3 Å². The Kier molecular flexibility index (Phi) is 3.55. The highest BCUT2D eigenvalue weighted by molar-refractivity contribution is 5.28. The molecule has 1 heterocycles. The molecule has 2 atom stereocenters. The van der Waals surface area contributed by atoms with Crippen LogP contribution in [0.5, 0.6) is 5.75 Å². The van der Waals surface area contributed by atoms with E-state index in [9.17, 15) is 0 Å². The Balaban J connectivity index is 1.57. The first kappa shape index (κ1) is 12.0. The maximum Gasteiger partial charge on any atom is 0.118 e. The number of hydrogen-bond acceptors (Lipinski definition) is 2. The average Bonchev–Trinajstić information content (AvgIpc) is 2.38. The van der Waals surface area contributed by atoms with Crippen molar-refractivity contribution in [1.82, 2.24) is 0 Å². The quantitative estimate of drug-likeness (QED) is 0.803. The number of ether oxygens (including phenoxy) is 2. The lowest BCUT2D eigenvalue weighted by atomic mass is 9.73. The molecule has 98 valence electrons. The molecule has 18 heavy (non-hydrogen) atoms. The second kappa shape index (κ2) is 5.31. The van der Waals surface area contributed by atoms with Crippen LogP contribution in [0, 0.1) is 11.8 Å². The Morgan fingerprint density at radius 1 is 1.00 bits per heavy atom. The van der Waals surface area contributed by atoms with Crippen LogP contribution in [0.25, 0.3) is 0 Å². The SMILES string of the molecule is COc1ccc(C2CCC(C3CCC3)CO2)cc1. The molecule has 1 saturated heterocycles. The van der Waals surface area contributed by atoms with Gasteiger partial charge in [-0.3, -0.25) is 0 Å². The van der Waals surface area contributed by atoms with Crippen molar-refractivity contribution in [2.24, 2.45) is 11.8 Å². The summed E-state index contributed by atoms with van der Waals surface area (Å²) in [6, 6.07) is 8.31. The first-order chi connectivity index (χ1) is 8.86. The molecule has 0 N–H and O–H groups in total. The van der Waals surface area contributed by atoms with Crippen molar-refractivity contribution < 1.29 is 9.47 Å². The van der Waals surface area contributed by atoms with Gasteiger partial charge < -0.3 is 9.47 Å². The van der Waals surface area contributed by atoms with Gasteiger partial charge in [-0.05, 0) is 42.4 Å². The number of benzene rings is 1. The molecule has 1 aromatic rings. The molecular formula is C16H22O2. The van der Waals surface area contributed by atoms with E-state index in [0.717, 1.165) is 24.2 Å². The molecule has 1 aromatic carbocycles. The topological polar surface area (TPSA) is 18.5 Å². The van der Waals surface area contributed by atoms with Crippen molar-refractivity contribution in [2.45, 2.75) is 38.2 Å². The predicted octanol–water partition coefficient (Wildman–Crippen LogP) is 3.96. The van der Waals surface area contributed by atoms with E-state index in [2.05, 4.69) is 12.1 Å².